The van der Waals surface area contributed by atoms with Gasteiger partial charge in [0.25, 0.3) is 5.91 Å². The average molecular weight is 441 g/mol. The van der Waals surface area contributed by atoms with Crippen molar-refractivity contribution in [2.45, 2.75) is 31.5 Å². The van der Waals surface area contributed by atoms with E-state index in [0.29, 0.717) is 46.5 Å². The Kier molecular flexibility index (Phi) is 5.50. The molecule has 2 atom stereocenters. The summed E-state index contributed by atoms with van der Waals surface area (Å²) in [6.45, 7) is 9.14. The predicted molar refractivity (Wildman–Crippen MR) is 118 cm³/mol. The van der Waals surface area contributed by atoms with E-state index in [0.717, 1.165) is 11.8 Å². The molecule has 0 spiro atoms. The molecule has 6 nitrogen and oxygen atoms in total. The zero-order valence-electron chi connectivity index (χ0n) is 17.4. The lowest BCUT2D eigenvalue weighted by Crippen LogP contribution is -2.34. The first-order valence-corrected chi connectivity index (χ1v) is 10.1. The molecule has 4 rings (SSSR count). The maximum Gasteiger partial charge on any atom is 0.412 e. The molecule has 3 N–H and O–H groups in total. The number of rotatable bonds is 6. The van der Waals surface area contributed by atoms with Crippen LogP contribution in [0, 0.1) is 6.92 Å². The molecule has 1 aromatic carbocycles. The van der Waals surface area contributed by atoms with Gasteiger partial charge in [0.05, 0.1) is 16.8 Å². The second-order valence-corrected chi connectivity index (χ2v) is 7.67. The SMILES string of the molecule is C=CCC1CNC(=O)c2cc(-c3cccc4nc(C)c(N[C@H](C=C)C(F)(F)F)nc34)[nH]c21. The van der Waals surface area contributed by atoms with E-state index in [1.54, 1.807) is 37.3 Å². The molecule has 166 valence electrons. The van der Waals surface area contributed by atoms with Crippen LogP contribution in [0.2, 0.25) is 0 Å². The number of halogens is 3. The van der Waals surface area contributed by atoms with E-state index in [2.05, 4.69) is 38.7 Å². The number of aryl methyl sites for hydroxylation is 1. The van der Waals surface area contributed by atoms with E-state index >= 15 is 0 Å². The number of hydrogen-bond acceptors (Lipinski definition) is 4. The summed E-state index contributed by atoms with van der Waals surface area (Å²) in [5.74, 6) is -0.0910. The van der Waals surface area contributed by atoms with E-state index < -0.39 is 12.2 Å². The van der Waals surface area contributed by atoms with E-state index in [4.69, 9.17) is 0 Å². The van der Waals surface area contributed by atoms with Gasteiger partial charge >= 0.3 is 6.18 Å². The third kappa shape index (κ3) is 3.86. The van der Waals surface area contributed by atoms with Crippen LogP contribution in [-0.2, 0) is 0 Å². The van der Waals surface area contributed by atoms with Crippen molar-refractivity contribution in [1.82, 2.24) is 20.3 Å². The standard InChI is InChI=1S/C23H22F3N5O/c1-4-7-13-11-27-22(32)15-10-17(29-19(13)15)14-8-6-9-16-20(14)31-21(12(3)28-16)30-18(5-2)23(24,25)26/h4-6,8-10,13,18,29H,1-2,7,11H2,3H3,(H,27,32)(H,30,31)/t13?,18-/m1/s1. The first kappa shape index (κ1) is 21.6. The Balaban J connectivity index is 1.82. The topological polar surface area (TPSA) is 82.7 Å². The summed E-state index contributed by atoms with van der Waals surface area (Å²) in [6.07, 6.45) is -1.24. The summed E-state index contributed by atoms with van der Waals surface area (Å²) in [7, 11) is 0. The molecular weight excluding hydrogens is 419 g/mol. The highest BCUT2D eigenvalue weighted by Crippen LogP contribution is 2.34. The molecule has 32 heavy (non-hydrogen) atoms. The van der Waals surface area contributed by atoms with Gasteiger partial charge in [-0.1, -0.05) is 24.3 Å². The van der Waals surface area contributed by atoms with E-state index in [1.165, 1.54) is 0 Å². The number of fused-ring (bicyclic) bond motifs is 2. The highest BCUT2D eigenvalue weighted by atomic mass is 19.4. The van der Waals surface area contributed by atoms with Crippen LogP contribution in [-0.4, -0.2) is 39.6 Å². The molecule has 0 saturated carbocycles. The van der Waals surface area contributed by atoms with Gasteiger partial charge in [0.1, 0.15) is 17.4 Å². The predicted octanol–water partition coefficient (Wildman–Crippen LogP) is 4.87. The second-order valence-electron chi connectivity index (χ2n) is 7.67. The number of para-hydroxylation sites is 1. The minimum atomic E-state index is -4.52. The number of hydrogen-bond donors (Lipinski definition) is 3. The van der Waals surface area contributed by atoms with E-state index in [9.17, 15) is 18.0 Å². The summed E-state index contributed by atoms with van der Waals surface area (Å²) in [6, 6.07) is 5.12. The monoisotopic (exact) mass is 441 g/mol. The molecule has 1 unspecified atom stereocenters. The Labute approximate surface area is 182 Å². The first-order valence-electron chi connectivity index (χ1n) is 10.1. The lowest BCUT2D eigenvalue weighted by Gasteiger charge is -2.21. The molecular formula is C23H22F3N5O. The minimum Gasteiger partial charge on any atom is -0.357 e. The third-order valence-electron chi connectivity index (χ3n) is 5.50. The Bertz CT molecular complexity index is 1210. The number of allylic oxidation sites excluding steroid dienone is 1. The van der Waals surface area contributed by atoms with Crippen molar-refractivity contribution in [2.75, 3.05) is 11.9 Å². The molecule has 9 heteroatoms. The summed E-state index contributed by atoms with van der Waals surface area (Å²) >= 11 is 0. The number of aromatic nitrogens is 3. The quantitative estimate of drug-likeness (QED) is 0.477. The smallest absolute Gasteiger partial charge is 0.357 e. The molecule has 1 aliphatic heterocycles. The van der Waals surface area contributed by atoms with Crippen molar-refractivity contribution in [1.29, 1.82) is 0 Å². The van der Waals surface area contributed by atoms with Gasteiger partial charge in [0, 0.05) is 29.4 Å². The molecule has 3 heterocycles. The van der Waals surface area contributed by atoms with Gasteiger partial charge in [0.15, 0.2) is 0 Å². The zero-order valence-corrected chi connectivity index (χ0v) is 17.4. The normalized spacial score (nSPS) is 16.9. The lowest BCUT2D eigenvalue weighted by molar-refractivity contribution is -0.132. The minimum absolute atomic E-state index is 0.0192. The molecule has 0 fully saturated rings. The van der Waals surface area contributed by atoms with Crippen LogP contribution in [0.3, 0.4) is 0 Å². The van der Waals surface area contributed by atoms with Crippen molar-refractivity contribution in [3.63, 3.8) is 0 Å². The van der Waals surface area contributed by atoms with Crippen LogP contribution in [0.4, 0.5) is 19.0 Å². The Morgan fingerprint density at radius 2 is 2.06 bits per heavy atom. The number of carbonyl (C=O) groups excluding carboxylic acids is 1. The number of carbonyl (C=O) groups is 1. The van der Waals surface area contributed by atoms with Gasteiger partial charge in [-0.2, -0.15) is 13.2 Å². The first-order chi connectivity index (χ1) is 15.2. The maximum atomic E-state index is 13.2. The lowest BCUT2D eigenvalue weighted by atomic mass is 9.94. The summed E-state index contributed by atoms with van der Waals surface area (Å²) in [5, 5.41) is 5.26. The number of aromatic amines is 1. The molecule has 0 radical (unpaired) electrons. The molecule has 3 aromatic rings. The highest BCUT2D eigenvalue weighted by Gasteiger charge is 2.38. The molecule has 1 amide bonds. The zero-order chi connectivity index (χ0) is 23.0. The van der Waals surface area contributed by atoms with Crippen LogP contribution in [0.1, 0.15) is 34.1 Å². The molecule has 0 bridgehead atoms. The highest BCUT2D eigenvalue weighted by molar-refractivity contribution is 6.00. The Morgan fingerprint density at radius 1 is 1.28 bits per heavy atom. The number of benzene rings is 1. The largest absolute Gasteiger partial charge is 0.412 e. The van der Waals surface area contributed by atoms with Crippen molar-refractivity contribution >= 4 is 22.8 Å². The number of anilines is 1. The van der Waals surface area contributed by atoms with Crippen LogP contribution >= 0.6 is 0 Å². The molecule has 1 aliphatic rings. The van der Waals surface area contributed by atoms with Gasteiger partial charge in [-0.15, -0.1) is 13.2 Å². The number of H-pyrrole nitrogens is 1. The van der Waals surface area contributed by atoms with Gasteiger partial charge in [-0.25, -0.2) is 9.97 Å². The fourth-order valence-corrected chi connectivity index (χ4v) is 3.88. The fourth-order valence-electron chi connectivity index (χ4n) is 3.88. The second kappa shape index (κ2) is 8.14. The van der Waals surface area contributed by atoms with Crippen molar-refractivity contribution in [3.05, 3.63) is 66.5 Å². The van der Waals surface area contributed by atoms with Crippen molar-refractivity contribution < 1.29 is 18.0 Å². The van der Waals surface area contributed by atoms with Gasteiger partial charge < -0.3 is 15.6 Å². The van der Waals surface area contributed by atoms with Crippen LogP contribution in [0.5, 0.6) is 0 Å². The Hall–Kier alpha value is -3.62. The van der Waals surface area contributed by atoms with Crippen molar-refractivity contribution in [2.24, 2.45) is 0 Å². The average Bonchev–Trinajstić information content (AvgIpc) is 3.19. The molecule has 0 saturated heterocycles. The van der Waals surface area contributed by atoms with Crippen LogP contribution in [0.25, 0.3) is 22.3 Å². The van der Waals surface area contributed by atoms with E-state index in [1.807, 2.05) is 0 Å². The van der Waals surface area contributed by atoms with Gasteiger partial charge in [-0.05, 0) is 25.5 Å². The summed E-state index contributed by atoms with van der Waals surface area (Å²) in [4.78, 5) is 24.6. The molecule has 2 aromatic heterocycles. The van der Waals surface area contributed by atoms with Crippen LogP contribution in [0.15, 0.2) is 49.6 Å². The van der Waals surface area contributed by atoms with Crippen LogP contribution < -0.4 is 10.6 Å². The third-order valence-corrected chi connectivity index (χ3v) is 5.50. The summed E-state index contributed by atoms with van der Waals surface area (Å²) in [5.41, 5.74) is 3.92. The number of nitrogens with zero attached hydrogens (tertiary/aromatic N) is 2. The van der Waals surface area contributed by atoms with Gasteiger partial charge in [0.2, 0.25) is 0 Å². The van der Waals surface area contributed by atoms with Gasteiger partial charge in [-0.3, -0.25) is 4.79 Å². The number of amides is 1. The maximum absolute atomic E-state index is 13.2. The fraction of sp³-hybridized carbons (Fsp3) is 0.261. The van der Waals surface area contributed by atoms with Crippen molar-refractivity contribution in [3.8, 4) is 11.3 Å². The molecule has 0 aliphatic carbocycles. The number of alkyl halides is 3. The summed E-state index contributed by atoms with van der Waals surface area (Å²) < 4.78 is 39.7. The van der Waals surface area contributed by atoms with E-state index in [-0.39, 0.29) is 17.6 Å². The number of nitrogens with one attached hydrogen (secondary N) is 3. The Morgan fingerprint density at radius 3 is 2.75 bits per heavy atom.